The Morgan fingerprint density at radius 3 is 2.65 bits per heavy atom. The number of hydrogen-bond acceptors (Lipinski definition) is 3. The maximum absolute atomic E-state index is 12.4. The average molecular weight is 276 g/mol. The van der Waals surface area contributed by atoms with Crippen LogP contribution in [0.1, 0.15) is 35.7 Å². The molecule has 5 nitrogen and oxygen atoms in total. The van der Waals surface area contributed by atoms with Gasteiger partial charge in [-0.15, -0.1) is 0 Å². The Bertz CT molecular complexity index is 556. The van der Waals surface area contributed by atoms with E-state index < -0.39 is 11.4 Å². The quantitative estimate of drug-likeness (QED) is 0.826. The van der Waals surface area contributed by atoms with Crippen molar-refractivity contribution in [1.82, 2.24) is 4.90 Å². The summed E-state index contributed by atoms with van der Waals surface area (Å²) in [7, 11) is 0. The number of benzene rings is 1. The zero-order valence-electron chi connectivity index (χ0n) is 11.8. The van der Waals surface area contributed by atoms with E-state index in [1.54, 1.807) is 23.1 Å². The number of carboxylic acids is 1. The number of anilines is 1. The molecular weight excluding hydrogens is 256 g/mol. The molecule has 1 atom stereocenters. The second kappa shape index (κ2) is 5.15. The third-order valence-corrected chi connectivity index (χ3v) is 4.29. The minimum atomic E-state index is -0.816. The van der Waals surface area contributed by atoms with Crippen LogP contribution in [-0.2, 0) is 4.79 Å². The van der Waals surface area contributed by atoms with Gasteiger partial charge >= 0.3 is 5.97 Å². The lowest BCUT2D eigenvalue weighted by molar-refractivity contribution is -0.148. The number of carbonyl (C=O) groups excluding carboxylic acids is 1. The number of hydrogen-bond donors (Lipinski definition) is 2. The van der Waals surface area contributed by atoms with Gasteiger partial charge in [0.15, 0.2) is 0 Å². The summed E-state index contributed by atoms with van der Waals surface area (Å²) < 4.78 is 0. The van der Waals surface area contributed by atoms with Gasteiger partial charge < -0.3 is 15.7 Å². The normalized spacial score (nSPS) is 22.0. The van der Waals surface area contributed by atoms with Crippen LogP contribution in [0, 0.1) is 12.3 Å². The molecule has 1 unspecified atom stereocenters. The van der Waals surface area contributed by atoms with E-state index in [4.69, 9.17) is 5.73 Å². The summed E-state index contributed by atoms with van der Waals surface area (Å²) in [4.78, 5) is 25.5. The Hall–Kier alpha value is -2.04. The molecule has 1 fully saturated rings. The van der Waals surface area contributed by atoms with E-state index >= 15 is 0 Å². The van der Waals surface area contributed by atoms with Gasteiger partial charge in [0.05, 0.1) is 5.41 Å². The van der Waals surface area contributed by atoms with Crippen LogP contribution in [0.2, 0.25) is 0 Å². The van der Waals surface area contributed by atoms with Crippen molar-refractivity contribution in [1.29, 1.82) is 0 Å². The van der Waals surface area contributed by atoms with Gasteiger partial charge in [0, 0.05) is 24.3 Å². The molecule has 2 rings (SSSR count). The first-order valence-corrected chi connectivity index (χ1v) is 6.78. The monoisotopic (exact) mass is 276 g/mol. The number of likely N-dealkylation sites (tertiary alicyclic amines) is 1. The number of aryl methyl sites for hydroxylation is 1. The van der Waals surface area contributed by atoms with Gasteiger partial charge in [-0.25, -0.2) is 0 Å². The van der Waals surface area contributed by atoms with Crippen molar-refractivity contribution >= 4 is 17.6 Å². The Morgan fingerprint density at radius 1 is 1.45 bits per heavy atom. The van der Waals surface area contributed by atoms with Crippen LogP contribution >= 0.6 is 0 Å². The summed E-state index contributed by atoms with van der Waals surface area (Å²) >= 11 is 0. The zero-order chi connectivity index (χ0) is 14.9. The largest absolute Gasteiger partial charge is 0.481 e. The first-order chi connectivity index (χ1) is 9.39. The van der Waals surface area contributed by atoms with Crippen LogP contribution in [0.5, 0.6) is 0 Å². The van der Waals surface area contributed by atoms with Crippen LogP contribution in [0.4, 0.5) is 5.69 Å². The molecule has 5 heteroatoms. The topological polar surface area (TPSA) is 83.6 Å². The zero-order valence-corrected chi connectivity index (χ0v) is 11.8. The smallest absolute Gasteiger partial charge is 0.311 e. The molecule has 1 aromatic carbocycles. The SMILES string of the molecule is CCC1(C(=O)O)CCN(C(=O)c2ccc(N)c(C)c2)C1. The van der Waals surface area contributed by atoms with Gasteiger partial charge in [-0.3, -0.25) is 9.59 Å². The third kappa shape index (κ3) is 2.35. The summed E-state index contributed by atoms with van der Waals surface area (Å²) in [6, 6.07) is 5.16. The van der Waals surface area contributed by atoms with Crippen molar-refractivity contribution in [3.63, 3.8) is 0 Å². The van der Waals surface area contributed by atoms with Gasteiger partial charge in [-0.05, 0) is 43.5 Å². The molecule has 0 radical (unpaired) electrons. The van der Waals surface area contributed by atoms with E-state index in [0.717, 1.165) is 5.56 Å². The average Bonchev–Trinajstić information content (AvgIpc) is 2.87. The molecule has 3 N–H and O–H groups in total. The summed E-state index contributed by atoms with van der Waals surface area (Å²) in [5.74, 6) is -0.937. The van der Waals surface area contributed by atoms with Crippen LogP contribution < -0.4 is 5.73 Å². The lowest BCUT2D eigenvalue weighted by atomic mass is 9.84. The molecule has 1 aliphatic rings. The Labute approximate surface area is 118 Å². The molecule has 0 saturated carbocycles. The standard InChI is InChI=1S/C15H20N2O3/c1-3-15(14(19)20)6-7-17(9-15)13(18)11-4-5-12(16)10(2)8-11/h4-5,8H,3,6-7,9,16H2,1-2H3,(H,19,20). The lowest BCUT2D eigenvalue weighted by Crippen LogP contribution is -2.36. The summed E-state index contributed by atoms with van der Waals surface area (Å²) in [6.07, 6.45) is 1.05. The van der Waals surface area contributed by atoms with Gasteiger partial charge in [0.1, 0.15) is 0 Å². The number of rotatable bonds is 3. The second-order valence-electron chi connectivity index (χ2n) is 5.49. The molecule has 108 valence electrons. The van der Waals surface area contributed by atoms with E-state index in [1.165, 1.54) is 0 Å². The molecule has 1 saturated heterocycles. The van der Waals surface area contributed by atoms with Crippen molar-refractivity contribution in [2.24, 2.45) is 5.41 Å². The van der Waals surface area contributed by atoms with Crippen LogP contribution in [0.25, 0.3) is 0 Å². The predicted octanol–water partition coefficient (Wildman–Crippen LogP) is 1.90. The van der Waals surface area contributed by atoms with Crippen molar-refractivity contribution < 1.29 is 14.7 Å². The molecule has 0 aromatic heterocycles. The molecule has 1 heterocycles. The van der Waals surface area contributed by atoms with Crippen LogP contribution in [0.3, 0.4) is 0 Å². The fourth-order valence-corrected chi connectivity index (χ4v) is 2.65. The predicted molar refractivity (Wildman–Crippen MR) is 76.5 cm³/mol. The first kappa shape index (κ1) is 14.4. The number of aliphatic carboxylic acids is 1. The van der Waals surface area contributed by atoms with E-state index in [9.17, 15) is 14.7 Å². The number of carboxylic acid groups (broad SMARTS) is 1. The highest BCUT2D eigenvalue weighted by Crippen LogP contribution is 2.35. The highest BCUT2D eigenvalue weighted by atomic mass is 16.4. The minimum absolute atomic E-state index is 0.121. The maximum atomic E-state index is 12.4. The van der Waals surface area contributed by atoms with E-state index in [0.29, 0.717) is 30.6 Å². The number of carbonyl (C=O) groups is 2. The van der Waals surface area contributed by atoms with Crippen molar-refractivity contribution in [3.05, 3.63) is 29.3 Å². The third-order valence-electron chi connectivity index (χ3n) is 4.29. The van der Waals surface area contributed by atoms with Gasteiger partial charge in [-0.2, -0.15) is 0 Å². The lowest BCUT2D eigenvalue weighted by Gasteiger charge is -2.23. The summed E-state index contributed by atoms with van der Waals surface area (Å²) in [6.45, 7) is 4.47. The van der Waals surface area contributed by atoms with Gasteiger partial charge in [-0.1, -0.05) is 6.92 Å². The maximum Gasteiger partial charge on any atom is 0.311 e. The molecule has 1 aliphatic heterocycles. The Balaban J connectivity index is 2.19. The summed E-state index contributed by atoms with van der Waals surface area (Å²) in [5, 5.41) is 9.36. The molecule has 0 aliphatic carbocycles. The Morgan fingerprint density at radius 2 is 2.15 bits per heavy atom. The molecule has 20 heavy (non-hydrogen) atoms. The molecular formula is C15H20N2O3. The molecule has 0 bridgehead atoms. The molecule has 0 spiro atoms. The van der Waals surface area contributed by atoms with Crippen LogP contribution in [-0.4, -0.2) is 35.0 Å². The molecule has 1 amide bonds. The summed E-state index contributed by atoms with van der Waals surface area (Å²) in [5.41, 5.74) is 7.02. The molecule has 1 aromatic rings. The van der Waals surface area contributed by atoms with Crippen molar-refractivity contribution in [2.45, 2.75) is 26.7 Å². The number of amides is 1. The highest BCUT2D eigenvalue weighted by Gasteiger charge is 2.44. The van der Waals surface area contributed by atoms with Crippen molar-refractivity contribution in [2.75, 3.05) is 18.8 Å². The Kier molecular flexibility index (Phi) is 3.70. The number of nitrogen functional groups attached to an aromatic ring is 1. The van der Waals surface area contributed by atoms with E-state index in [1.807, 2.05) is 13.8 Å². The van der Waals surface area contributed by atoms with E-state index in [-0.39, 0.29) is 12.5 Å². The second-order valence-corrected chi connectivity index (χ2v) is 5.49. The number of nitrogens with zero attached hydrogens (tertiary/aromatic N) is 1. The first-order valence-electron chi connectivity index (χ1n) is 6.78. The fourth-order valence-electron chi connectivity index (χ4n) is 2.65. The minimum Gasteiger partial charge on any atom is -0.481 e. The van der Waals surface area contributed by atoms with Gasteiger partial charge in [0.2, 0.25) is 0 Å². The highest BCUT2D eigenvalue weighted by molar-refractivity contribution is 5.95. The van der Waals surface area contributed by atoms with Gasteiger partial charge in [0.25, 0.3) is 5.91 Å². The van der Waals surface area contributed by atoms with Crippen molar-refractivity contribution in [3.8, 4) is 0 Å². The fraction of sp³-hybridized carbons (Fsp3) is 0.467. The van der Waals surface area contributed by atoms with Crippen LogP contribution in [0.15, 0.2) is 18.2 Å². The number of nitrogens with two attached hydrogens (primary N) is 1. The van der Waals surface area contributed by atoms with E-state index in [2.05, 4.69) is 0 Å².